The van der Waals surface area contributed by atoms with E-state index in [0.29, 0.717) is 37.0 Å². The van der Waals surface area contributed by atoms with Crippen molar-refractivity contribution in [3.05, 3.63) is 77.5 Å². The van der Waals surface area contributed by atoms with E-state index in [9.17, 15) is 14.0 Å². The first-order chi connectivity index (χ1) is 19.4. The largest absolute Gasteiger partial charge is 0.464 e. The molecule has 5 rings (SSSR count). The molecule has 0 bridgehead atoms. The Balaban J connectivity index is 1.33. The van der Waals surface area contributed by atoms with Crippen molar-refractivity contribution in [2.75, 3.05) is 58.0 Å². The highest BCUT2D eigenvalue weighted by Gasteiger charge is 2.25. The van der Waals surface area contributed by atoms with Crippen LogP contribution >= 0.6 is 0 Å². The molecule has 0 spiro atoms. The summed E-state index contributed by atoms with van der Waals surface area (Å²) < 4.78 is 36.4. The lowest BCUT2D eigenvalue weighted by molar-refractivity contribution is -0.133. The maximum atomic E-state index is 14.3. The number of halogens is 1. The molecule has 3 amide bonds. The summed E-state index contributed by atoms with van der Waals surface area (Å²) in [7, 11) is 0. The van der Waals surface area contributed by atoms with Crippen molar-refractivity contribution in [2.45, 2.75) is 20.0 Å². The number of anilines is 1. The molecule has 1 aromatic heterocycles. The molecule has 11 heteroatoms. The summed E-state index contributed by atoms with van der Waals surface area (Å²) in [5.74, 6) is 1.81. The Hall–Kier alpha value is -4.09. The van der Waals surface area contributed by atoms with Gasteiger partial charge in [-0.1, -0.05) is 18.2 Å². The van der Waals surface area contributed by atoms with E-state index in [0.717, 1.165) is 24.4 Å². The number of morpholine rings is 1. The normalized spacial score (nSPS) is 14.7. The number of carbonyl (C=O) groups is 2. The summed E-state index contributed by atoms with van der Waals surface area (Å²) in [4.78, 5) is 32.3. The van der Waals surface area contributed by atoms with Crippen molar-refractivity contribution in [1.82, 2.24) is 14.7 Å². The van der Waals surface area contributed by atoms with E-state index in [1.807, 2.05) is 37.3 Å². The first kappa shape index (κ1) is 27.5. The molecule has 3 aromatic rings. The Labute approximate surface area is 232 Å². The fourth-order valence-electron chi connectivity index (χ4n) is 4.61. The van der Waals surface area contributed by atoms with Crippen LogP contribution in [-0.4, -0.2) is 79.4 Å². The highest BCUT2D eigenvalue weighted by molar-refractivity contribution is 5.92. The second-order valence-electron chi connectivity index (χ2n) is 9.74. The minimum absolute atomic E-state index is 0.0552. The molecule has 2 aliphatic rings. The predicted molar refractivity (Wildman–Crippen MR) is 145 cm³/mol. The third-order valence-corrected chi connectivity index (χ3v) is 6.82. The van der Waals surface area contributed by atoms with E-state index in [-0.39, 0.29) is 44.6 Å². The fraction of sp³-hybridized carbons (Fsp3) is 0.379. The molecular weight excluding hydrogens is 519 g/mol. The lowest BCUT2D eigenvalue weighted by atomic mass is 10.2. The number of para-hydroxylation sites is 1. The lowest BCUT2D eigenvalue weighted by Gasteiger charge is -2.31. The zero-order valence-electron chi connectivity index (χ0n) is 22.4. The van der Waals surface area contributed by atoms with Gasteiger partial charge in [0, 0.05) is 32.7 Å². The van der Waals surface area contributed by atoms with Crippen LogP contribution in [-0.2, 0) is 22.6 Å². The Kier molecular flexibility index (Phi) is 8.82. The van der Waals surface area contributed by atoms with Crippen molar-refractivity contribution in [3.63, 3.8) is 0 Å². The van der Waals surface area contributed by atoms with Crippen LogP contribution in [0.3, 0.4) is 0 Å². The number of hydrogen-bond acceptors (Lipinski definition) is 7. The minimum Gasteiger partial charge on any atom is -0.464 e. The van der Waals surface area contributed by atoms with Crippen LogP contribution < -0.4 is 14.8 Å². The molecule has 212 valence electrons. The molecule has 0 atom stereocenters. The Morgan fingerprint density at radius 3 is 2.55 bits per heavy atom. The van der Waals surface area contributed by atoms with Crippen LogP contribution in [0.15, 0.2) is 59.0 Å². The van der Waals surface area contributed by atoms with Gasteiger partial charge in [-0.05, 0) is 48.9 Å². The molecule has 2 aromatic carbocycles. The van der Waals surface area contributed by atoms with Crippen molar-refractivity contribution in [3.8, 4) is 11.5 Å². The topological polar surface area (TPSA) is 96.7 Å². The van der Waals surface area contributed by atoms with E-state index < -0.39 is 11.8 Å². The summed E-state index contributed by atoms with van der Waals surface area (Å²) in [5.41, 5.74) is 0.899. The van der Waals surface area contributed by atoms with E-state index in [4.69, 9.17) is 18.6 Å². The number of rotatable bonds is 10. The summed E-state index contributed by atoms with van der Waals surface area (Å²) >= 11 is 0. The number of fused-ring (bicyclic) bond motifs is 1. The smallest absolute Gasteiger partial charge is 0.322 e. The van der Waals surface area contributed by atoms with Crippen LogP contribution in [0.1, 0.15) is 17.1 Å². The molecule has 0 saturated carbocycles. The van der Waals surface area contributed by atoms with Gasteiger partial charge in [0.25, 0.3) is 0 Å². The first-order valence-electron chi connectivity index (χ1n) is 13.3. The van der Waals surface area contributed by atoms with Gasteiger partial charge in [-0.2, -0.15) is 0 Å². The van der Waals surface area contributed by atoms with Crippen LogP contribution in [0.2, 0.25) is 0 Å². The monoisotopic (exact) mass is 552 g/mol. The number of carbonyl (C=O) groups excluding carboxylic acids is 2. The maximum absolute atomic E-state index is 14.3. The number of nitrogens with one attached hydrogen (secondary N) is 1. The van der Waals surface area contributed by atoms with Crippen LogP contribution in [0.5, 0.6) is 11.5 Å². The van der Waals surface area contributed by atoms with E-state index >= 15 is 0 Å². The number of amides is 3. The first-order valence-corrected chi connectivity index (χ1v) is 13.3. The summed E-state index contributed by atoms with van der Waals surface area (Å²) in [6, 6.07) is 14.6. The Morgan fingerprint density at radius 1 is 0.975 bits per heavy atom. The molecule has 0 aliphatic carbocycles. The predicted octanol–water partition coefficient (Wildman–Crippen LogP) is 3.85. The number of nitrogens with zero attached hydrogens (tertiary/aromatic N) is 3. The van der Waals surface area contributed by atoms with Crippen molar-refractivity contribution in [2.24, 2.45) is 0 Å². The number of urea groups is 1. The van der Waals surface area contributed by atoms with Crippen molar-refractivity contribution < 1.29 is 32.6 Å². The number of benzene rings is 2. The number of aryl methyl sites for hydroxylation is 1. The van der Waals surface area contributed by atoms with Gasteiger partial charge in [-0.3, -0.25) is 9.69 Å². The van der Waals surface area contributed by atoms with E-state index in [1.165, 1.54) is 17.0 Å². The molecule has 0 unspecified atom stereocenters. The second-order valence-corrected chi connectivity index (χ2v) is 9.74. The summed E-state index contributed by atoms with van der Waals surface area (Å²) in [6.07, 6.45) is 0. The molecule has 1 saturated heterocycles. The molecule has 40 heavy (non-hydrogen) atoms. The molecule has 10 nitrogen and oxygen atoms in total. The Morgan fingerprint density at radius 2 is 1.77 bits per heavy atom. The van der Waals surface area contributed by atoms with Gasteiger partial charge >= 0.3 is 6.03 Å². The molecule has 2 aliphatic heterocycles. The summed E-state index contributed by atoms with van der Waals surface area (Å²) in [5, 5.41) is 2.62. The molecule has 1 N–H and O–H groups in total. The van der Waals surface area contributed by atoms with E-state index in [1.54, 1.807) is 17.0 Å². The minimum atomic E-state index is -0.552. The van der Waals surface area contributed by atoms with Crippen molar-refractivity contribution >= 4 is 17.6 Å². The molecule has 1 fully saturated rings. The highest BCUT2D eigenvalue weighted by atomic mass is 19.1. The number of ether oxygens (including phenoxy) is 3. The number of furan rings is 1. The Bertz CT molecular complexity index is 1330. The van der Waals surface area contributed by atoms with Crippen LogP contribution in [0, 0.1) is 12.7 Å². The standard InChI is InChI=1S/C29H33FN4O6/c1-21-6-8-23(40-21)18-34(17-22-7-9-26-27(16-22)39-20-38-26)28(35)19-33(11-10-32-12-14-37-15-13-32)29(36)31-25-5-3-2-4-24(25)30/h2-9,16H,10-15,17-20H2,1H3,(H,31,36). The van der Waals surface area contributed by atoms with E-state index in [2.05, 4.69) is 10.2 Å². The van der Waals surface area contributed by atoms with Crippen molar-refractivity contribution in [1.29, 1.82) is 0 Å². The van der Waals surface area contributed by atoms with Gasteiger partial charge in [0.2, 0.25) is 12.7 Å². The highest BCUT2D eigenvalue weighted by Crippen LogP contribution is 2.33. The van der Waals surface area contributed by atoms with Gasteiger partial charge in [0.1, 0.15) is 23.9 Å². The van der Waals surface area contributed by atoms with Crippen LogP contribution in [0.4, 0.5) is 14.9 Å². The zero-order chi connectivity index (χ0) is 27.9. The van der Waals surface area contributed by atoms with Gasteiger partial charge < -0.3 is 33.7 Å². The van der Waals surface area contributed by atoms with Gasteiger partial charge in [0.15, 0.2) is 11.5 Å². The van der Waals surface area contributed by atoms with Crippen LogP contribution in [0.25, 0.3) is 0 Å². The fourth-order valence-corrected chi connectivity index (χ4v) is 4.61. The van der Waals surface area contributed by atoms with Gasteiger partial charge in [-0.15, -0.1) is 0 Å². The molecular formula is C29H33FN4O6. The SMILES string of the molecule is Cc1ccc(CN(Cc2ccc3c(c2)OCO3)C(=O)CN(CCN2CCOCC2)C(=O)Nc2ccccc2F)o1. The maximum Gasteiger partial charge on any atom is 0.322 e. The average molecular weight is 553 g/mol. The third kappa shape index (κ3) is 7.10. The quantitative estimate of drug-likeness (QED) is 0.408. The van der Waals surface area contributed by atoms with Gasteiger partial charge in [-0.25, -0.2) is 9.18 Å². The average Bonchev–Trinajstić information content (AvgIpc) is 3.60. The third-order valence-electron chi connectivity index (χ3n) is 6.82. The van der Waals surface area contributed by atoms with Gasteiger partial charge in [0.05, 0.1) is 25.4 Å². The molecule has 3 heterocycles. The summed E-state index contributed by atoms with van der Waals surface area (Å²) in [6.45, 7) is 5.83. The molecule has 0 radical (unpaired) electrons. The second kappa shape index (κ2) is 12.8. The number of hydrogen-bond donors (Lipinski definition) is 1. The zero-order valence-corrected chi connectivity index (χ0v) is 22.4. The lowest BCUT2D eigenvalue weighted by Crippen LogP contribution is -2.48.